The summed E-state index contributed by atoms with van der Waals surface area (Å²) in [4.78, 5) is 42.7. The molecule has 2 saturated heterocycles. The summed E-state index contributed by atoms with van der Waals surface area (Å²) in [5, 5.41) is 3.38. The maximum Gasteiger partial charge on any atom is 0.256 e. The van der Waals surface area contributed by atoms with Crippen LogP contribution in [0.1, 0.15) is 36.5 Å². The van der Waals surface area contributed by atoms with E-state index in [-0.39, 0.29) is 17.7 Å². The molecule has 2 heterocycles. The van der Waals surface area contributed by atoms with E-state index in [9.17, 15) is 14.4 Å². The summed E-state index contributed by atoms with van der Waals surface area (Å²) < 4.78 is 0. The first-order valence-corrected chi connectivity index (χ1v) is 10.3. The molecule has 3 rings (SSSR count). The van der Waals surface area contributed by atoms with Crippen molar-refractivity contribution in [3.05, 3.63) is 28.8 Å². The Morgan fingerprint density at radius 3 is 2.54 bits per heavy atom. The van der Waals surface area contributed by atoms with Crippen molar-refractivity contribution < 1.29 is 14.4 Å². The topological polar surface area (TPSA) is 73.0 Å². The van der Waals surface area contributed by atoms with Gasteiger partial charge >= 0.3 is 0 Å². The molecule has 0 spiro atoms. The van der Waals surface area contributed by atoms with Crippen LogP contribution in [0, 0.1) is 0 Å². The van der Waals surface area contributed by atoms with Gasteiger partial charge in [0, 0.05) is 50.7 Å². The third-order valence-electron chi connectivity index (χ3n) is 5.15. The molecule has 3 amide bonds. The van der Waals surface area contributed by atoms with Crippen LogP contribution >= 0.6 is 11.6 Å². The van der Waals surface area contributed by atoms with Crippen molar-refractivity contribution in [2.75, 3.05) is 50.7 Å². The molecule has 2 aliphatic rings. The fourth-order valence-electron chi connectivity index (χ4n) is 3.61. The van der Waals surface area contributed by atoms with Gasteiger partial charge in [-0.05, 0) is 31.0 Å². The molecular weight excluding hydrogens is 380 g/mol. The van der Waals surface area contributed by atoms with Crippen molar-refractivity contribution >= 4 is 35.0 Å². The molecule has 1 aromatic rings. The molecule has 1 aromatic carbocycles. The fourth-order valence-corrected chi connectivity index (χ4v) is 3.78. The standard InChI is InChI=1S/C20H27ClN4O3/c1-2-7-22-18(26)14-23-9-11-24(12-10-23)20(28)16-6-5-15(21)13-17(16)25-8-3-4-19(25)27/h5-6,13H,2-4,7-12,14H2,1H3,(H,22,26). The monoisotopic (exact) mass is 406 g/mol. The number of rotatable bonds is 6. The lowest BCUT2D eigenvalue weighted by molar-refractivity contribution is -0.122. The fraction of sp³-hybridized carbons (Fsp3) is 0.550. The number of carbonyl (C=O) groups is 3. The van der Waals surface area contributed by atoms with Gasteiger partial charge in [0.1, 0.15) is 0 Å². The van der Waals surface area contributed by atoms with Crippen molar-refractivity contribution in [3.8, 4) is 0 Å². The molecule has 0 unspecified atom stereocenters. The molecule has 0 aromatic heterocycles. The zero-order valence-corrected chi connectivity index (χ0v) is 17.0. The van der Waals surface area contributed by atoms with Crippen LogP contribution < -0.4 is 10.2 Å². The van der Waals surface area contributed by atoms with Gasteiger partial charge in [0.2, 0.25) is 11.8 Å². The summed E-state index contributed by atoms with van der Waals surface area (Å²) in [6.07, 6.45) is 2.20. The average molecular weight is 407 g/mol. The third kappa shape index (κ3) is 4.83. The van der Waals surface area contributed by atoms with Crippen molar-refractivity contribution in [1.29, 1.82) is 0 Å². The molecule has 0 radical (unpaired) electrons. The molecule has 0 atom stereocenters. The minimum absolute atomic E-state index is 0.0224. The molecule has 7 nitrogen and oxygen atoms in total. The molecule has 8 heteroatoms. The van der Waals surface area contributed by atoms with Crippen molar-refractivity contribution in [2.24, 2.45) is 0 Å². The van der Waals surface area contributed by atoms with Gasteiger partial charge in [-0.1, -0.05) is 18.5 Å². The number of carbonyl (C=O) groups excluding carboxylic acids is 3. The number of hydrogen-bond acceptors (Lipinski definition) is 4. The highest BCUT2D eigenvalue weighted by Crippen LogP contribution is 2.29. The molecule has 0 aliphatic carbocycles. The second kappa shape index (κ2) is 9.39. The van der Waals surface area contributed by atoms with Crippen molar-refractivity contribution in [3.63, 3.8) is 0 Å². The highest BCUT2D eigenvalue weighted by molar-refractivity contribution is 6.31. The summed E-state index contributed by atoms with van der Waals surface area (Å²) in [5.41, 5.74) is 1.11. The van der Waals surface area contributed by atoms with Crippen LogP contribution in [0.4, 0.5) is 5.69 Å². The Kier molecular flexibility index (Phi) is 6.91. The first-order chi connectivity index (χ1) is 13.5. The Balaban J connectivity index is 1.64. The molecule has 1 N–H and O–H groups in total. The molecule has 2 aliphatic heterocycles. The zero-order valence-electron chi connectivity index (χ0n) is 16.2. The normalized spacial score (nSPS) is 17.9. The second-order valence-electron chi connectivity index (χ2n) is 7.23. The van der Waals surface area contributed by atoms with Gasteiger partial charge in [0.15, 0.2) is 0 Å². The zero-order chi connectivity index (χ0) is 20.1. The van der Waals surface area contributed by atoms with Crippen LogP contribution in [0.15, 0.2) is 18.2 Å². The predicted octanol–water partition coefficient (Wildman–Crippen LogP) is 1.75. The van der Waals surface area contributed by atoms with Gasteiger partial charge in [0.05, 0.1) is 17.8 Å². The Labute approximate surface area is 170 Å². The van der Waals surface area contributed by atoms with Crippen molar-refractivity contribution in [1.82, 2.24) is 15.1 Å². The largest absolute Gasteiger partial charge is 0.355 e. The minimum Gasteiger partial charge on any atom is -0.355 e. The lowest BCUT2D eigenvalue weighted by atomic mass is 10.1. The van der Waals surface area contributed by atoms with Crippen LogP contribution in [-0.2, 0) is 9.59 Å². The van der Waals surface area contributed by atoms with Gasteiger partial charge in [-0.3, -0.25) is 19.3 Å². The van der Waals surface area contributed by atoms with E-state index in [0.29, 0.717) is 68.5 Å². The van der Waals surface area contributed by atoms with Gasteiger partial charge in [-0.15, -0.1) is 0 Å². The van der Waals surface area contributed by atoms with E-state index in [4.69, 9.17) is 11.6 Å². The number of anilines is 1. The number of benzene rings is 1. The van der Waals surface area contributed by atoms with E-state index in [1.54, 1.807) is 28.0 Å². The van der Waals surface area contributed by atoms with Crippen LogP contribution in [0.2, 0.25) is 5.02 Å². The Morgan fingerprint density at radius 1 is 1.14 bits per heavy atom. The number of nitrogens with one attached hydrogen (secondary N) is 1. The summed E-state index contributed by atoms with van der Waals surface area (Å²) in [7, 11) is 0. The van der Waals surface area contributed by atoms with Gasteiger partial charge in [0.25, 0.3) is 5.91 Å². The number of nitrogens with zero attached hydrogens (tertiary/aromatic N) is 3. The highest BCUT2D eigenvalue weighted by atomic mass is 35.5. The van der Waals surface area contributed by atoms with Gasteiger partial charge in [-0.25, -0.2) is 0 Å². The van der Waals surface area contributed by atoms with E-state index >= 15 is 0 Å². The molecule has 2 fully saturated rings. The molecular formula is C20H27ClN4O3. The Hall–Kier alpha value is -2.12. The number of amides is 3. The van der Waals surface area contributed by atoms with E-state index in [0.717, 1.165) is 12.8 Å². The van der Waals surface area contributed by atoms with Gasteiger partial charge in [-0.2, -0.15) is 0 Å². The maximum atomic E-state index is 13.1. The molecule has 0 bridgehead atoms. The van der Waals surface area contributed by atoms with Gasteiger partial charge < -0.3 is 15.1 Å². The SMILES string of the molecule is CCCNC(=O)CN1CCN(C(=O)c2ccc(Cl)cc2N2CCCC2=O)CC1. The lowest BCUT2D eigenvalue weighted by Gasteiger charge is -2.35. The van der Waals surface area contributed by atoms with Crippen molar-refractivity contribution in [2.45, 2.75) is 26.2 Å². The maximum absolute atomic E-state index is 13.1. The minimum atomic E-state index is -0.0959. The summed E-state index contributed by atoms with van der Waals surface area (Å²) >= 11 is 6.13. The third-order valence-corrected chi connectivity index (χ3v) is 5.39. The Bertz CT molecular complexity index is 747. The quantitative estimate of drug-likeness (QED) is 0.781. The summed E-state index contributed by atoms with van der Waals surface area (Å²) in [6, 6.07) is 5.09. The number of piperazine rings is 1. The molecule has 28 heavy (non-hydrogen) atoms. The molecule has 152 valence electrons. The summed E-state index contributed by atoms with van der Waals surface area (Å²) in [5.74, 6) is -0.0464. The average Bonchev–Trinajstić information content (AvgIpc) is 3.12. The first kappa shape index (κ1) is 20.6. The second-order valence-corrected chi connectivity index (χ2v) is 7.67. The first-order valence-electron chi connectivity index (χ1n) is 9.88. The van der Waals surface area contributed by atoms with Crippen LogP contribution in [0.5, 0.6) is 0 Å². The number of halogens is 1. The van der Waals surface area contributed by atoms with Crippen LogP contribution in [-0.4, -0.2) is 73.3 Å². The summed E-state index contributed by atoms with van der Waals surface area (Å²) in [6.45, 7) is 6.08. The lowest BCUT2D eigenvalue weighted by Crippen LogP contribution is -2.51. The smallest absolute Gasteiger partial charge is 0.256 e. The van der Waals surface area contributed by atoms with Crippen LogP contribution in [0.3, 0.4) is 0 Å². The molecule has 0 saturated carbocycles. The number of hydrogen-bond donors (Lipinski definition) is 1. The van der Waals surface area contributed by atoms with E-state index in [1.165, 1.54) is 0 Å². The predicted molar refractivity (Wildman–Crippen MR) is 109 cm³/mol. The van der Waals surface area contributed by atoms with E-state index in [2.05, 4.69) is 10.2 Å². The highest BCUT2D eigenvalue weighted by Gasteiger charge is 2.29. The van der Waals surface area contributed by atoms with Crippen LogP contribution in [0.25, 0.3) is 0 Å². The van der Waals surface area contributed by atoms with E-state index < -0.39 is 0 Å². The van der Waals surface area contributed by atoms with E-state index in [1.807, 2.05) is 6.92 Å². The Morgan fingerprint density at radius 2 is 1.89 bits per heavy atom.